The molecule has 148 valence electrons. The molecule has 0 radical (unpaired) electrons. The maximum absolute atomic E-state index is 13.4. The van der Waals surface area contributed by atoms with Crippen LogP contribution < -0.4 is 10.2 Å². The van der Waals surface area contributed by atoms with E-state index in [-0.39, 0.29) is 17.3 Å². The van der Waals surface area contributed by atoms with Gasteiger partial charge in [-0.05, 0) is 42.8 Å². The Kier molecular flexibility index (Phi) is 4.75. The van der Waals surface area contributed by atoms with Crippen molar-refractivity contribution in [2.45, 2.75) is 19.0 Å². The molecular weight excluding hydrogens is 401 g/mol. The third-order valence-electron chi connectivity index (χ3n) is 4.63. The summed E-state index contributed by atoms with van der Waals surface area (Å²) in [4.78, 5) is 38.8. The topological polar surface area (TPSA) is 94.4 Å². The lowest BCUT2D eigenvalue weighted by Gasteiger charge is -2.20. The summed E-state index contributed by atoms with van der Waals surface area (Å²) < 4.78 is 13.4. The number of aryl methyl sites for hydroxylation is 1. The van der Waals surface area contributed by atoms with Crippen molar-refractivity contribution < 1.29 is 18.8 Å². The van der Waals surface area contributed by atoms with E-state index >= 15 is 0 Å². The van der Waals surface area contributed by atoms with Crippen molar-refractivity contribution >= 4 is 40.7 Å². The molecule has 2 aliphatic rings. The lowest BCUT2D eigenvalue weighted by molar-refractivity contribution is -0.123. The van der Waals surface area contributed by atoms with E-state index in [0.29, 0.717) is 5.69 Å². The van der Waals surface area contributed by atoms with Gasteiger partial charge in [0.25, 0.3) is 11.8 Å². The van der Waals surface area contributed by atoms with Crippen LogP contribution in [0.2, 0.25) is 5.02 Å². The molecule has 0 spiro atoms. The molecular formula is C19H15ClFN5O3. The fourth-order valence-corrected chi connectivity index (χ4v) is 3.48. The smallest absolute Gasteiger partial charge is 0.263 e. The van der Waals surface area contributed by atoms with Gasteiger partial charge >= 0.3 is 0 Å². The molecule has 2 aromatic rings. The molecule has 3 amide bonds. The lowest BCUT2D eigenvalue weighted by atomic mass is 10.1. The van der Waals surface area contributed by atoms with E-state index in [1.807, 2.05) is 13.0 Å². The summed E-state index contributed by atoms with van der Waals surface area (Å²) in [6, 6.07) is 8.70. The summed E-state index contributed by atoms with van der Waals surface area (Å²) in [5, 5.41) is 11.4. The minimum Gasteiger partial charge on any atom is -0.324 e. The molecule has 4 rings (SSSR count). The Morgan fingerprint density at radius 3 is 2.72 bits per heavy atom. The Bertz CT molecular complexity index is 1060. The average Bonchev–Trinajstić information content (AvgIpc) is 3.18. The molecule has 29 heavy (non-hydrogen) atoms. The zero-order valence-electron chi connectivity index (χ0n) is 15.2. The molecule has 2 heterocycles. The van der Waals surface area contributed by atoms with Gasteiger partial charge in [0, 0.05) is 5.69 Å². The predicted molar refractivity (Wildman–Crippen MR) is 103 cm³/mol. The van der Waals surface area contributed by atoms with Crippen molar-refractivity contribution in [3.8, 4) is 0 Å². The Balaban J connectivity index is 1.50. The predicted octanol–water partition coefficient (Wildman–Crippen LogP) is 2.72. The van der Waals surface area contributed by atoms with Crippen LogP contribution in [0.15, 0.2) is 52.8 Å². The highest BCUT2D eigenvalue weighted by atomic mass is 35.5. The first kappa shape index (κ1) is 19.0. The highest BCUT2D eigenvalue weighted by molar-refractivity contribution is 6.32. The minimum absolute atomic E-state index is 0.139. The van der Waals surface area contributed by atoms with E-state index in [9.17, 15) is 18.8 Å². The number of hydrogen-bond acceptors (Lipinski definition) is 6. The number of benzene rings is 2. The van der Waals surface area contributed by atoms with Gasteiger partial charge in [-0.15, -0.1) is 0 Å². The van der Waals surface area contributed by atoms with Crippen LogP contribution in [-0.4, -0.2) is 41.4 Å². The van der Waals surface area contributed by atoms with Gasteiger partial charge < -0.3 is 5.32 Å². The van der Waals surface area contributed by atoms with Crippen LogP contribution in [0.3, 0.4) is 0 Å². The highest BCUT2D eigenvalue weighted by Crippen LogP contribution is 2.33. The molecule has 2 unspecified atom stereocenters. The average molecular weight is 416 g/mol. The fraction of sp³-hybridized carbons (Fsp3) is 0.211. The number of amides is 3. The molecule has 2 atom stereocenters. The number of carbonyl (C=O) groups is 3. The molecule has 1 saturated heterocycles. The van der Waals surface area contributed by atoms with Crippen LogP contribution in [0.5, 0.6) is 0 Å². The third kappa shape index (κ3) is 3.44. The Hall–Kier alpha value is -3.33. The third-order valence-corrected chi connectivity index (χ3v) is 4.92. The van der Waals surface area contributed by atoms with Crippen LogP contribution in [0.4, 0.5) is 15.8 Å². The summed E-state index contributed by atoms with van der Waals surface area (Å²) in [6.07, 6.45) is 0. The molecule has 2 aromatic carbocycles. The number of hydrogen-bond donors (Lipinski definition) is 1. The maximum Gasteiger partial charge on any atom is 0.263 e. The van der Waals surface area contributed by atoms with Crippen LogP contribution >= 0.6 is 11.6 Å². The standard InChI is InChI=1S/C19H15ClFN5O3/c1-10-3-2-4-11(7-10)22-15(27)9-25-17-16(23-24-25)18(28)26(19(17)29)12-5-6-14(21)13(20)8-12/h2-8,16-17H,9H2,1H3,(H,22,27). The number of anilines is 2. The molecule has 1 N–H and O–H groups in total. The van der Waals surface area contributed by atoms with Gasteiger partial charge in [0.2, 0.25) is 5.91 Å². The van der Waals surface area contributed by atoms with Gasteiger partial charge in [-0.25, -0.2) is 9.29 Å². The first-order valence-electron chi connectivity index (χ1n) is 8.72. The van der Waals surface area contributed by atoms with E-state index in [1.165, 1.54) is 17.1 Å². The second-order valence-electron chi connectivity index (χ2n) is 6.72. The molecule has 0 aromatic heterocycles. The lowest BCUT2D eigenvalue weighted by Crippen LogP contribution is -2.43. The van der Waals surface area contributed by atoms with Gasteiger partial charge in [-0.2, -0.15) is 5.11 Å². The van der Waals surface area contributed by atoms with E-state index < -0.39 is 35.6 Å². The maximum atomic E-state index is 13.4. The fourth-order valence-electron chi connectivity index (χ4n) is 3.30. The molecule has 0 bridgehead atoms. The number of rotatable bonds is 4. The van der Waals surface area contributed by atoms with Crippen molar-refractivity contribution in [1.82, 2.24) is 5.01 Å². The zero-order valence-corrected chi connectivity index (χ0v) is 15.9. The molecule has 10 heteroatoms. The zero-order chi connectivity index (χ0) is 20.7. The van der Waals surface area contributed by atoms with Gasteiger partial charge in [-0.3, -0.25) is 19.4 Å². The summed E-state index contributed by atoms with van der Waals surface area (Å²) in [5.74, 6) is -2.27. The van der Waals surface area contributed by atoms with Crippen molar-refractivity contribution in [1.29, 1.82) is 0 Å². The van der Waals surface area contributed by atoms with Crippen LogP contribution in [0.25, 0.3) is 0 Å². The quantitative estimate of drug-likeness (QED) is 0.777. The first-order chi connectivity index (χ1) is 13.8. The monoisotopic (exact) mass is 415 g/mol. The number of nitrogens with one attached hydrogen (secondary N) is 1. The Labute approximate surface area is 169 Å². The normalized spacial score (nSPS) is 20.4. The summed E-state index contributed by atoms with van der Waals surface area (Å²) in [7, 11) is 0. The van der Waals surface area contributed by atoms with Crippen LogP contribution in [0.1, 0.15) is 5.56 Å². The van der Waals surface area contributed by atoms with Crippen molar-refractivity contribution in [3.05, 3.63) is 58.9 Å². The van der Waals surface area contributed by atoms with Gasteiger partial charge in [0.1, 0.15) is 12.4 Å². The number of fused-ring (bicyclic) bond motifs is 1. The second-order valence-corrected chi connectivity index (χ2v) is 7.13. The van der Waals surface area contributed by atoms with Crippen molar-refractivity contribution in [3.63, 3.8) is 0 Å². The Morgan fingerprint density at radius 1 is 1.21 bits per heavy atom. The number of imide groups is 1. The number of nitrogens with zero attached hydrogens (tertiary/aromatic N) is 4. The van der Waals surface area contributed by atoms with Gasteiger partial charge in [0.15, 0.2) is 12.1 Å². The Morgan fingerprint density at radius 2 is 2.00 bits per heavy atom. The van der Waals surface area contributed by atoms with E-state index in [0.717, 1.165) is 16.5 Å². The molecule has 2 aliphatic heterocycles. The van der Waals surface area contributed by atoms with E-state index in [2.05, 4.69) is 15.7 Å². The molecule has 0 aliphatic carbocycles. The first-order valence-corrected chi connectivity index (χ1v) is 9.10. The van der Waals surface area contributed by atoms with Gasteiger partial charge in [-0.1, -0.05) is 29.0 Å². The van der Waals surface area contributed by atoms with E-state index in [4.69, 9.17) is 11.6 Å². The van der Waals surface area contributed by atoms with Crippen LogP contribution in [0, 0.1) is 12.7 Å². The second kappa shape index (κ2) is 7.25. The minimum atomic E-state index is -1.06. The SMILES string of the molecule is Cc1cccc(NC(=O)CN2N=NC3C(=O)N(c4ccc(F)c(Cl)c4)C(=O)C32)c1. The largest absolute Gasteiger partial charge is 0.324 e. The van der Waals surface area contributed by atoms with Crippen molar-refractivity contribution in [2.24, 2.45) is 10.3 Å². The van der Waals surface area contributed by atoms with E-state index in [1.54, 1.807) is 18.2 Å². The van der Waals surface area contributed by atoms with Crippen molar-refractivity contribution in [2.75, 3.05) is 16.8 Å². The molecule has 1 fully saturated rings. The van der Waals surface area contributed by atoms with Crippen LogP contribution in [-0.2, 0) is 14.4 Å². The summed E-state index contributed by atoms with van der Waals surface area (Å²) >= 11 is 5.76. The molecule has 8 nitrogen and oxygen atoms in total. The molecule has 0 saturated carbocycles. The number of halogens is 2. The highest BCUT2D eigenvalue weighted by Gasteiger charge is 2.55. The number of carbonyl (C=O) groups excluding carboxylic acids is 3. The summed E-state index contributed by atoms with van der Waals surface area (Å²) in [5.41, 5.74) is 1.73. The van der Waals surface area contributed by atoms with Gasteiger partial charge in [0.05, 0.1) is 10.7 Å². The summed E-state index contributed by atoms with van der Waals surface area (Å²) in [6.45, 7) is 1.64.